The van der Waals surface area contributed by atoms with Crippen molar-refractivity contribution in [2.45, 2.75) is 76.0 Å². The zero-order valence-corrected chi connectivity index (χ0v) is 30.6. The van der Waals surface area contributed by atoms with Crippen LogP contribution in [0.3, 0.4) is 0 Å². The lowest BCUT2D eigenvalue weighted by Crippen LogP contribution is -2.67. The van der Waals surface area contributed by atoms with E-state index in [0.29, 0.717) is 0 Å². The summed E-state index contributed by atoms with van der Waals surface area (Å²) in [5.41, 5.74) is 15.8. The molecule has 1 rings (SSSR count). The molecule has 0 amide bonds. The molecule has 16 N–H and O–H groups in total. The Hall–Kier alpha value is 0.388. The lowest BCUT2D eigenvalue weighted by molar-refractivity contribution is -0.365. The predicted octanol–water partition coefficient (Wildman–Crippen LogP) is -2.76. The number of rotatable bonds is 24. The van der Waals surface area contributed by atoms with Crippen LogP contribution in [0.1, 0.15) is 25.7 Å². The molecular weight excluding hydrogens is 577 g/mol. The van der Waals surface area contributed by atoms with Crippen LogP contribution in [-0.2, 0) is 16.5 Å². The molecule has 16 heteroatoms. The average Bonchev–Trinajstić information content (AvgIpc) is 2.87. The lowest BCUT2D eigenvalue weighted by Gasteiger charge is -2.50. The van der Waals surface area contributed by atoms with Gasteiger partial charge in [-0.3, -0.25) is 0 Å². The highest BCUT2D eigenvalue weighted by Crippen LogP contribution is 2.38. The van der Waals surface area contributed by atoms with Crippen LogP contribution in [0, 0.1) is 0 Å². The summed E-state index contributed by atoms with van der Waals surface area (Å²) in [6.07, 6.45) is 4.11. The van der Waals surface area contributed by atoms with Gasteiger partial charge in [0.2, 0.25) is 0 Å². The monoisotopic (exact) mass is 644 g/mol. The summed E-state index contributed by atoms with van der Waals surface area (Å²) >= 11 is 0. The van der Waals surface area contributed by atoms with Crippen LogP contribution in [0.4, 0.5) is 0 Å². The Bertz CT molecular complexity index is 536. The summed E-state index contributed by atoms with van der Waals surface area (Å²) in [5.74, 6) is 0. The van der Waals surface area contributed by atoms with Crippen LogP contribution in [0.15, 0.2) is 0 Å². The van der Waals surface area contributed by atoms with E-state index in [1.807, 2.05) is 0 Å². The molecule has 0 radical (unpaired) electrons. The predicted molar refractivity (Wildman–Crippen MR) is 171 cm³/mol. The summed E-state index contributed by atoms with van der Waals surface area (Å²) in [6, 6.07) is 3.78. The lowest BCUT2D eigenvalue weighted by atomic mass is 10.5. The van der Waals surface area contributed by atoms with Crippen LogP contribution in [0.25, 0.3) is 0 Å². The highest BCUT2D eigenvalue weighted by molar-refractivity contribution is 6.93. The van der Waals surface area contributed by atoms with Gasteiger partial charge < -0.3 is 60.7 Å². The zero-order chi connectivity index (χ0) is 29.8. The van der Waals surface area contributed by atoms with Crippen LogP contribution >= 0.6 is 0 Å². The third-order valence-electron chi connectivity index (χ3n) is 7.08. The first-order chi connectivity index (χ1) is 19.1. The van der Waals surface area contributed by atoms with Crippen molar-refractivity contribution >= 4 is 34.2 Å². The third kappa shape index (κ3) is 16.9. The summed E-state index contributed by atoms with van der Waals surface area (Å²) < 4.78 is 29.0. The Morgan fingerprint density at radius 1 is 0.375 bits per heavy atom. The standard InChI is InChI=1S/C24H64N8O4Si4/c1-37(21-5-13-29-17-9-25)33-38(2,22-6-14-30-18-10-26)35-40(4,24-8-16-32-20-12-28)36-39(3,34-37)23-7-15-31-19-11-27/h29-32H,5-28H2,1-4H3/p+4. The molecule has 1 aliphatic rings. The van der Waals surface area contributed by atoms with Crippen molar-refractivity contribution in [2.24, 2.45) is 0 Å². The number of nitrogens with one attached hydrogen (secondary N) is 4. The topological polar surface area (TPSA) is 196 Å². The van der Waals surface area contributed by atoms with Crippen molar-refractivity contribution in [2.75, 3.05) is 78.5 Å². The first-order valence-electron chi connectivity index (χ1n) is 15.9. The minimum Gasteiger partial charge on any atom is -0.416 e. The average molecular weight is 645 g/mol. The minimum absolute atomic E-state index is 0.900. The van der Waals surface area contributed by atoms with Crippen molar-refractivity contribution in [1.29, 1.82) is 0 Å². The van der Waals surface area contributed by atoms with Gasteiger partial charge in [-0.2, -0.15) is 0 Å². The van der Waals surface area contributed by atoms with E-state index in [-0.39, 0.29) is 0 Å². The molecule has 0 aromatic rings. The Balaban J connectivity index is 3.15. The van der Waals surface area contributed by atoms with Gasteiger partial charge in [-0.1, -0.05) is 0 Å². The Kier molecular flexibility index (Phi) is 20.3. The molecule has 1 saturated heterocycles. The van der Waals surface area contributed by atoms with Crippen molar-refractivity contribution in [3.8, 4) is 0 Å². The highest BCUT2D eigenvalue weighted by atomic mass is 28.5. The largest absolute Gasteiger partial charge is 0.416 e. The first-order valence-corrected chi connectivity index (χ1v) is 26.0. The van der Waals surface area contributed by atoms with Crippen LogP contribution in [-0.4, -0.2) is 113 Å². The normalized spacial score (nSPS) is 29.4. The maximum Gasteiger partial charge on any atom is 0.317 e. The van der Waals surface area contributed by atoms with E-state index in [1.165, 1.54) is 0 Å². The van der Waals surface area contributed by atoms with Gasteiger partial charge in [-0.05, 0) is 102 Å². The summed E-state index contributed by atoms with van der Waals surface area (Å²) in [7, 11) is -10.2. The zero-order valence-electron chi connectivity index (χ0n) is 26.6. The molecule has 1 fully saturated rings. The van der Waals surface area contributed by atoms with Gasteiger partial charge in [0.15, 0.2) is 0 Å². The van der Waals surface area contributed by atoms with Crippen LogP contribution in [0.2, 0.25) is 50.4 Å². The molecule has 0 aromatic heterocycles. The SMILES string of the molecule is C[Si]1(CCCNCC[NH3+])O[Si](C)(CCCNCC[NH3+])O[Si](C)(CCCNCC[NH3+])O[Si](C)(CCCNCC[NH3+])O1. The van der Waals surface area contributed by atoms with Gasteiger partial charge in [-0.15, -0.1) is 0 Å². The molecule has 12 nitrogen and oxygen atoms in total. The second-order valence-electron chi connectivity index (χ2n) is 11.8. The second-order valence-corrected chi connectivity index (χ2v) is 26.1. The Morgan fingerprint density at radius 3 is 0.750 bits per heavy atom. The number of hydrogen-bond donors (Lipinski definition) is 8. The van der Waals surface area contributed by atoms with Crippen molar-refractivity contribution < 1.29 is 39.4 Å². The number of hydrogen-bond acceptors (Lipinski definition) is 8. The highest BCUT2D eigenvalue weighted by Gasteiger charge is 2.56. The summed E-state index contributed by atoms with van der Waals surface area (Å²) in [5, 5.41) is 14.0. The van der Waals surface area contributed by atoms with E-state index in [9.17, 15) is 0 Å². The first kappa shape index (κ1) is 38.4. The minimum atomic E-state index is -2.55. The fraction of sp³-hybridized carbons (Fsp3) is 1.00. The molecule has 40 heavy (non-hydrogen) atoms. The number of quaternary nitrogens is 4. The molecule has 0 unspecified atom stereocenters. The third-order valence-corrected chi connectivity index (χ3v) is 25.9. The van der Waals surface area contributed by atoms with E-state index in [4.69, 9.17) is 16.5 Å². The molecule has 0 saturated carbocycles. The van der Waals surface area contributed by atoms with Crippen LogP contribution < -0.4 is 44.2 Å². The second kappa shape index (κ2) is 21.1. The fourth-order valence-corrected chi connectivity index (χ4v) is 28.8. The molecule has 0 atom stereocenters. The van der Waals surface area contributed by atoms with Gasteiger partial charge in [0.1, 0.15) is 0 Å². The fourth-order valence-electron chi connectivity index (χ4n) is 5.46. The smallest absolute Gasteiger partial charge is 0.317 e. The van der Waals surface area contributed by atoms with Gasteiger partial charge in [0.05, 0.1) is 26.2 Å². The van der Waals surface area contributed by atoms with E-state index in [2.05, 4.69) is 70.4 Å². The Labute approximate surface area is 249 Å². The van der Waals surface area contributed by atoms with Crippen molar-refractivity contribution in [1.82, 2.24) is 21.3 Å². The summed E-state index contributed by atoms with van der Waals surface area (Å²) in [6.45, 7) is 20.3. The van der Waals surface area contributed by atoms with Crippen molar-refractivity contribution in [3.63, 3.8) is 0 Å². The molecule has 240 valence electrons. The van der Waals surface area contributed by atoms with E-state index >= 15 is 0 Å². The van der Waals surface area contributed by atoms with E-state index < -0.39 is 34.2 Å². The van der Waals surface area contributed by atoms with Gasteiger partial charge in [0.25, 0.3) is 0 Å². The molecule has 0 aromatic carbocycles. The quantitative estimate of drug-likeness (QED) is 0.0409. The van der Waals surface area contributed by atoms with Gasteiger partial charge in [-0.25, -0.2) is 0 Å². The molecule has 1 heterocycles. The molecular formula is C24H68N8O4Si4+4. The molecule has 0 aliphatic carbocycles. The Morgan fingerprint density at radius 2 is 0.575 bits per heavy atom. The van der Waals surface area contributed by atoms with Gasteiger partial charge in [0, 0.05) is 26.2 Å². The summed E-state index contributed by atoms with van der Waals surface area (Å²) in [4.78, 5) is 0. The van der Waals surface area contributed by atoms with Crippen LogP contribution in [0.5, 0.6) is 0 Å². The van der Waals surface area contributed by atoms with E-state index in [1.54, 1.807) is 0 Å². The molecule has 0 bridgehead atoms. The molecule has 0 spiro atoms. The maximum atomic E-state index is 7.25. The van der Waals surface area contributed by atoms with E-state index in [0.717, 1.165) is 128 Å². The van der Waals surface area contributed by atoms with Crippen molar-refractivity contribution in [3.05, 3.63) is 0 Å². The molecule has 1 aliphatic heterocycles. The maximum absolute atomic E-state index is 7.25. The van der Waals surface area contributed by atoms with Gasteiger partial charge >= 0.3 is 34.2 Å².